The highest BCUT2D eigenvalue weighted by atomic mass is 16.6. The Hall–Kier alpha value is -1.10. The van der Waals surface area contributed by atoms with E-state index in [2.05, 4.69) is 5.32 Å². The molecule has 1 atom stereocenters. The average molecular weight is 254 g/mol. The standard InChI is InChI=1S/C13H22N2O3/c1-12(2,3)18-11(17)15-8-6-13(9-15)10(16)5-4-7-14-13/h14H,4-9H2,1-3H3. The third-order valence-corrected chi connectivity index (χ3v) is 3.50. The summed E-state index contributed by atoms with van der Waals surface area (Å²) in [5.74, 6) is 0.236. The topological polar surface area (TPSA) is 58.6 Å². The van der Waals surface area contributed by atoms with E-state index in [1.54, 1.807) is 4.90 Å². The molecule has 0 aliphatic carbocycles. The van der Waals surface area contributed by atoms with Gasteiger partial charge in [0.1, 0.15) is 5.60 Å². The van der Waals surface area contributed by atoms with Crippen molar-refractivity contribution in [3.63, 3.8) is 0 Å². The molecule has 0 aromatic heterocycles. The maximum atomic E-state index is 12.0. The molecular weight excluding hydrogens is 232 g/mol. The van der Waals surface area contributed by atoms with Gasteiger partial charge in [-0.1, -0.05) is 0 Å². The van der Waals surface area contributed by atoms with E-state index in [1.165, 1.54) is 0 Å². The molecule has 0 aromatic carbocycles. The van der Waals surface area contributed by atoms with Crippen LogP contribution in [-0.2, 0) is 9.53 Å². The summed E-state index contributed by atoms with van der Waals surface area (Å²) in [6, 6.07) is 0. The normalized spacial score (nSPS) is 28.8. The number of hydrogen-bond donors (Lipinski definition) is 1. The number of carbonyl (C=O) groups excluding carboxylic acids is 2. The molecule has 0 aromatic rings. The molecule has 0 saturated carbocycles. The summed E-state index contributed by atoms with van der Waals surface area (Å²) in [4.78, 5) is 25.6. The number of ketones is 1. The number of Topliss-reactive ketones (excluding diaryl/α,β-unsaturated/α-hetero) is 1. The van der Waals surface area contributed by atoms with E-state index in [4.69, 9.17) is 4.74 Å². The SMILES string of the molecule is CC(C)(C)OC(=O)N1CCC2(C1)NCCCC2=O. The summed E-state index contributed by atoms with van der Waals surface area (Å²) in [5.41, 5.74) is -0.994. The zero-order valence-electron chi connectivity index (χ0n) is 11.4. The van der Waals surface area contributed by atoms with Crippen molar-refractivity contribution in [2.24, 2.45) is 0 Å². The van der Waals surface area contributed by atoms with E-state index in [9.17, 15) is 9.59 Å². The van der Waals surface area contributed by atoms with Crippen LogP contribution >= 0.6 is 0 Å². The van der Waals surface area contributed by atoms with Gasteiger partial charge in [0.2, 0.25) is 0 Å². The molecular formula is C13H22N2O3. The lowest BCUT2D eigenvalue weighted by atomic mass is 9.87. The molecule has 102 valence electrons. The molecule has 5 heteroatoms. The third kappa shape index (κ3) is 2.66. The fourth-order valence-electron chi connectivity index (χ4n) is 2.58. The highest BCUT2D eigenvalue weighted by molar-refractivity contribution is 5.90. The van der Waals surface area contributed by atoms with Crippen molar-refractivity contribution >= 4 is 11.9 Å². The smallest absolute Gasteiger partial charge is 0.410 e. The van der Waals surface area contributed by atoms with Gasteiger partial charge >= 0.3 is 6.09 Å². The molecule has 2 rings (SSSR count). The Morgan fingerprint density at radius 2 is 2.17 bits per heavy atom. The number of piperidine rings is 1. The second kappa shape index (κ2) is 4.53. The average Bonchev–Trinajstić information content (AvgIpc) is 2.66. The number of carbonyl (C=O) groups is 2. The first-order chi connectivity index (χ1) is 8.32. The molecule has 1 amide bonds. The van der Waals surface area contributed by atoms with E-state index in [0.717, 1.165) is 13.0 Å². The van der Waals surface area contributed by atoms with Crippen molar-refractivity contribution in [2.75, 3.05) is 19.6 Å². The number of amides is 1. The van der Waals surface area contributed by atoms with Crippen molar-refractivity contribution in [3.05, 3.63) is 0 Å². The first-order valence-corrected chi connectivity index (χ1v) is 6.59. The number of likely N-dealkylation sites (tertiary alicyclic amines) is 1. The largest absolute Gasteiger partial charge is 0.444 e. The highest BCUT2D eigenvalue weighted by Crippen LogP contribution is 2.28. The number of rotatable bonds is 0. The predicted molar refractivity (Wildman–Crippen MR) is 67.4 cm³/mol. The lowest BCUT2D eigenvalue weighted by Gasteiger charge is -2.33. The Morgan fingerprint density at radius 1 is 1.44 bits per heavy atom. The van der Waals surface area contributed by atoms with Crippen LogP contribution < -0.4 is 5.32 Å². The number of nitrogens with one attached hydrogen (secondary N) is 1. The number of hydrogen-bond acceptors (Lipinski definition) is 4. The molecule has 2 heterocycles. The van der Waals surface area contributed by atoms with Gasteiger partial charge in [0.25, 0.3) is 0 Å². The van der Waals surface area contributed by atoms with Crippen LogP contribution in [0.25, 0.3) is 0 Å². The second-order valence-corrected chi connectivity index (χ2v) is 6.19. The van der Waals surface area contributed by atoms with Gasteiger partial charge in [-0.25, -0.2) is 4.79 Å². The van der Waals surface area contributed by atoms with E-state index in [1.807, 2.05) is 20.8 Å². The van der Waals surface area contributed by atoms with Gasteiger partial charge in [-0.05, 0) is 40.2 Å². The maximum Gasteiger partial charge on any atom is 0.410 e. The molecule has 2 fully saturated rings. The van der Waals surface area contributed by atoms with Gasteiger partial charge in [0.05, 0.1) is 5.54 Å². The molecule has 1 unspecified atom stereocenters. The van der Waals surface area contributed by atoms with E-state index < -0.39 is 11.1 Å². The molecule has 1 spiro atoms. The van der Waals surface area contributed by atoms with Gasteiger partial charge in [0, 0.05) is 19.5 Å². The fourth-order valence-corrected chi connectivity index (χ4v) is 2.58. The van der Waals surface area contributed by atoms with E-state index in [0.29, 0.717) is 25.9 Å². The van der Waals surface area contributed by atoms with Gasteiger partial charge in [0.15, 0.2) is 5.78 Å². The number of nitrogens with zero attached hydrogens (tertiary/aromatic N) is 1. The number of ether oxygens (including phenoxy) is 1. The first-order valence-electron chi connectivity index (χ1n) is 6.59. The quantitative estimate of drug-likeness (QED) is 0.708. The summed E-state index contributed by atoms with van der Waals surface area (Å²) in [6.45, 7) is 7.44. The maximum absolute atomic E-state index is 12.0. The molecule has 1 N–H and O–H groups in total. The molecule has 2 saturated heterocycles. The Morgan fingerprint density at radius 3 is 2.78 bits per heavy atom. The van der Waals surface area contributed by atoms with Crippen molar-refractivity contribution in [1.29, 1.82) is 0 Å². The minimum Gasteiger partial charge on any atom is -0.444 e. The fraction of sp³-hybridized carbons (Fsp3) is 0.846. The second-order valence-electron chi connectivity index (χ2n) is 6.19. The van der Waals surface area contributed by atoms with Crippen LogP contribution in [0.4, 0.5) is 4.79 Å². The molecule has 5 nitrogen and oxygen atoms in total. The first kappa shape index (κ1) is 13.3. The predicted octanol–water partition coefficient (Wildman–Crippen LogP) is 1.32. The van der Waals surface area contributed by atoms with Crippen LogP contribution in [-0.4, -0.2) is 47.6 Å². The summed E-state index contributed by atoms with van der Waals surface area (Å²) < 4.78 is 5.34. The molecule has 2 aliphatic rings. The van der Waals surface area contributed by atoms with Crippen molar-refractivity contribution in [3.8, 4) is 0 Å². The van der Waals surface area contributed by atoms with Crippen LogP contribution in [0.1, 0.15) is 40.0 Å². The Labute approximate surface area is 108 Å². The summed E-state index contributed by atoms with van der Waals surface area (Å²) in [6.07, 6.45) is 1.90. The monoisotopic (exact) mass is 254 g/mol. The van der Waals surface area contributed by atoms with Crippen LogP contribution in [0.5, 0.6) is 0 Å². The minimum atomic E-state index is -0.505. The van der Waals surface area contributed by atoms with Crippen LogP contribution in [0.3, 0.4) is 0 Å². The van der Waals surface area contributed by atoms with Gasteiger partial charge in [-0.15, -0.1) is 0 Å². The van der Waals surface area contributed by atoms with Gasteiger partial charge in [-0.2, -0.15) is 0 Å². The van der Waals surface area contributed by atoms with Gasteiger partial charge in [-0.3, -0.25) is 4.79 Å². The molecule has 0 radical (unpaired) electrons. The molecule has 2 aliphatic heterocycles. The molecule has 18 heavy (non-hydrogen) atoms. The Bertz CT molecular complexity index is 362. The van der Waals surface area contributed by atoms with Crippen LogP contribution in [0, 0.1) is 0 Å². The molecule has 0 bridgehead atoms. The Kier molecular flexibility index (Phi) is 3.36. The summed E-state index contributed by atoms with van der Waals surface area (Å²) >= 11 is 0. The lowest BCUT2D eigenvalue weighted by molar-refractivity contribution is -0.126. The van der Waals surface area contributed by atoms with Crippen molar-refractivity contribution in [2.45, 2.75) is 51.2 Å². The summed E-state index contributed by atoms with van der Waals surface area (Å²) in [5, 5.41) is 3.29. The van der Waals surface area contributed by atoms with Crippen LogP contribution in [0.2, 0.25) is 0 Å². The van der Waals surface area contributed by atoms with Gasteiger partial charge < -0.3 is 15.0 Å². The zero-order valence-corrected chi connectivity index (χ0v) is 11.4. The van der Waals surface area contributed by atoms with Crippen molar-refractivity contribution in [1.82, 2.24) is 10.2 Å². The lowest BCUT2D eigenvalue weighted by Crippen LogP contribution is -2.57. The third-order valence-electron chi connectivity index (χ3n) is 3.50. The zero-order chi connectivity index (χ0) is 13.4. The van der Waals surface area contributed by atoms with Crippen molar-refractivity contribution < 1.29 is 14.3 Å². The van der Waals surface area contributed by atoms with E-state index in [-0.39, 0.29) is 11.9 Å². The minimum absolute atomic E-state index is 0.236. The Balaban J connectivity index is 1.99. The highest BCUT2D eigenvalue weighted by Gasteiger charge is 2.47. The van der Waals surface area contributed by atoms with Crippen LogP contribution in [0.15, 0.2) is 0 Å². The summed E-state index contributed by atoms with van der Waals surface area (Å²) in [7, 11) is 0. The van der Waals surface area contributed by atoms with E-state index >= 15 is 0 Å².